The monoisotopic (exact) mass is 444 g/mol. The molecule has 0 fully saturated rings. The number of thiocarbonyl (C=S) groups is 1. The zero-order chi connectivity index (χ0) is 22.5. The highest BCUT2D eigenvalue weighted by Gasteiger charge is 2.34. The highest BCUT2D eigenvalue weighted by molar-refractivity contribution is 7.80. The minimum atomic E-state index is -1.09. The van der Waals surface area contributed by atoms with Gasteiger partial charge >= 0.3 is 5.97 Å². The number of ether oxygens (including phenoxy) is 1. The molecule has 1 heterocycles. The van der Waals surface area contributed by atoms with E-state index in [1.807, 2.05) is 54.6 Å². The van der Waals surface area contributed by atoms with Crippen molar-refractivity contribution >= 4 is 34.8 Å². The number of ketones is 1. The fourth-order valence-corrected chi connectivity index (χ4v) is 3.83. The molecule has 3 aromatic rings. The van der Waals surface area contributed by atoms with Crippen molar-refractivity contribution in [3.05, 3.63) is 107 Å². The summed E-state index contributed by atoms with van der Waals surface area (Å²) < 4.78 is 5.52. The van der Waals surface area contributed by atoms with Crippen LogP contribution in [0.1, 0.15) is 27.5 Å². The second kappa shape index (κ2) is 9.45. The predicted octanol–water partition coefficient (Wildman–Crippen LogP) is 3.96. The lowest BCUT2D eigenvalue weighted by molar-refractivity contribution is -0.139. The number of para-hydroxylation sites is 1. The van der Waals surface area contributed by atoms with Crippen molar-refractivity contribution < 1.29 is 19.4 Å². The van der Waals surface area contributed by atoms with Gasteiger partial charge in [0.1, 0.15) is 5.75 Å². The highest BCUT2D eigenvalue weighted by atomic mass is 32.1. The first kappa shape index (κ1) is 21.3. The first-order valence-electron chi connectivity index (χ1n) is 9.95. The van der Waals surface area contributed by atoms with Crippen molar-refractivity contribution in [2.45, 2.75) is 6.04 Å². The number of nitrogens with one attached hydrogen (secondary N) is 2. The molecule has 0 amide bonds. The molecule has 0 spiro atoms. The van der Waals surface area contributed by atoms with Crippen molar-refractivity contribution in [2.75, 3.05) is 6.61 Å². The Morgan fingerprint density at radius 1 is 0.906 bits per heavy atom. The number of carboxylic acid groups (broad SMARTS) is 1. The van der Waals surface area contributed by atoms with Gasteiger partial charge in [0.15, 0.2) is 17.5 Å². The van der Waals surface area contributed by atoms with E-state index in [4.69, 9.17) is 22.1 Å². The second-order valence-corrected chi connectivity index (χ2v) is 7.51. The average molecular weight is 445 g/mol. The molecular weight excluding hydrogens is 424 g/mol. The first-order valence-corrected chi connectivity index (χ1v) is 10.4. The third-order valence-electron chi connectivity index (χ3n) is 5.00. The molecule has 0 aliphatic carbocycles. The maximum Gasteiger partial charge on any atom is 0.341 e. The van der Waals surface area contributed by atoms with Crippen LogP contribution in [0.2, 0.25) is 0 Å². The summed E-state index contributed by atoms with van der Waals surface area (Å²) in [6.45, 7) is -0.496. The number of carboxylic acids is 1. The summed E-state index contributed by atoms with van der Waals surface area (Å²) in [4.78, 5) is 24.8. The van der Waals surface area contributed by atoms with E-state index < -0.39 is 18.6 Å². The van der Waals surface area contributed by atoms with Gasteiger partial charge in [0, 0.05) is 11.1 Å². The van der Waals surface area contributed by atoms with Crippen molar-refractivity contribution in [3.8, 4) is 5.75 Å². The molecule has 0 aromatic heterocycles. The third kappa shape index (κ3) is 4.53. The van der Waals surface area contributed by atoms with Crippen molar-refractivity contribution in [3.63, 3.8) is 0 Å². The fourth-order valence-electron chi connectivity index (χ4n) is 3.61. The molecular formula is C25H20N2O4S. The van der Waals surface area contributed by atoms with Gasteiger partial charge in [-0.3, -0.25) is 4.79 Å². The van der Waals surface area contributed by atoms with Crippen LogP contribution in [0.3, 0.4) is 0 Å². The largest absolute Gasteiger partial charge is 0.482 e. The summed E-state index contributed by atoms with van der Waals surface area (Å²) in [7, 11) is 0. The summed E-state index contributed by atoms with van der Waals surface area (Å²) in [5.41, 5.74) is 3.01. The number of Topliss-reactive ketones (excluding diaryl/α,β-unsaturated/α-hetero) is 1. The summed E-state index contributed by atoms with van der Waals surface area (Å²) in [5, 5.41) is 15.7. The number of rotatable bonds is 7. The summed E-state index contributed by atoms with van der Waals surface area (Å²) in [6, 6.07) is 24.8. The number of carbonyl (C=O) groups is 2. The van der Waals surface area contributed by atoms with E-state index in [1.54, 1.807) is 30.3 Å². The van der Waals surface area contributed by atoms with Gasteiger partial charge in [-0.1, -0.05) is 78.9 Å². The molecule has 0 saturated carbocycles. The maximum atomic E-state index is 13.7. The lowest BCUT2D eigenvalue weighted by Crippen LogP contribution is -2.45. The van der Waals surface area contributed by atoms with Gasteiger partial charge in [-0.05, 0) is 23.8 Å². The van der Waals surface area contributed by atoms with Gasteiger partial charge < -0.3 is 20.5 Å². The predicted molar refractivity (Wildman–Crippen MR) is 125 cm³/mol. The van der Waals surface area contributed by atoms with Gasteiger partial charge in [0.25, 0.3) is 0 Å². The Kier molecular flexibility index (Phi) is 6.28. The van der Waals surface area contributed by atoms with Gasteiger partial charge in [-0.25, -0.2) is 4.79 Å². The standard InChI is InChI=1S/C25H20N2O4S/c28-20(29)15-31-19-14-8-7-13-18(19)23-21(24(30)17-11-5-2-6-12-17)22(26-25(32)27-23)16-9-3-1-4-10-16/h1-14,23H,15H2,(H,28,29)(H2,26,27,32)/t23-/m1/s1. The number of hydrogen-bond donors (Lipinski definition) is 3. The molecule has 0 unspecified atom stereocenters. The van der Waals surface area contributed by atoms with Gasteiger partial charge in [-0.15, -0.1) is 0 Å². The minimum Gasteiger partial charge on any atom is -0.482 e. The maximum absolute atomic E-state index is 13.7. The van der Waals surface area contributed by atoms with Crippen LogP contribution in [-0.4, -0.2) is 28.6 Å². The summed E-state index contributed by atoms with van der Waals surface area (Å²) in [6.07, 6.45) is 0. The number of carbonyl (C=O) groups excluding carboxylic acids is 1. The van der Waals surface area contributed by atoms with Gasteiger partial charge in [0.05, 0.1) is 17.3 Å². The SMILES string of the molecule is O=C(O)COc1ccccc1[C@H]1NC(=S)NC(c2ccccc2)=C1C(=O)c1ccccc1. The quantitative estimate of drug-likeness (QED) is 0.376. The van der Waals surface area contributed by atoms with E-state index in [0.29, 0.717) is 33.3 Å². The fraction of sp³-hybridized carbons (Fsp3) is 0.0800. The Balaban J connectivity index is 1.90. The number of benzene rings is 3. The molecule has 32 heavy (non-hydrogen) atoms. The lowest BCUT2D eigenvalue weighted by Gasteiger charge is -2.32. The molecule has 4 rings (SSSR count). The van der Waals surface area contributed by atoms with Gasteiger partial charge in [0.2, 0.25) is 0 Å². The van der Waals surface area contributed by atoms with Crippen LogP contribution in [0.15, 0.2) is 90.5 Å². The van der Waals surface area contributed by atoms with E-state index in [0.717, 1.165) is 5.56 Å². The van der Waals surface area contributed by atoms with Crippen LogP contribution >= 0.6 is 12.2 Å². The van der Waals surface area contributed by atoms with Gasteiger partial charge in [-0.2, -0.15) is 0 Å². The Bertz CT molecular complexity index is 1190. The molecule has 7 heteroatoms. The van der Waals surface area contributed by atoms with E-state index >= 15 is 0 Å². The molecule has 0 saturated heterocycles. The van der Waals surface area contributed by atoms with Crippen LogP contribution in [-0.2, 0) is 4.79 Å². The average Bonchev–Trinajstić information content (AvgIpc) is 2.83. The second-order valence-electron chi connectivity index (χ2n) is 7.10. The molecule has 6 nitrogen and oxygen atoms in total. The van der Waals surface area contributed by atoms with Crippen LogP contribution in [0.4, 0.5) is 0 Å². The van der Waals surface area contributed by atoms with Crippen LogP contribution in [0.25, 0.3) is 5.70 Å². The zero-order valence-corrected chi connectivity index (χ0v) is 17.8. The Morgan fingerprint density at radius 2 is 1.53 bits per heavy atom. The Morgan fingerprint density at radius 3 is 2.22 bits per heavy atom. The zero-order valence-electron chi connectivity index (χ0n) is 16.9. The molecule has 1 atom stereocenters. The van der Waals surface area contributed by atoms with Crippen LogP contribution in [0, 0.1) is 0 Å². The Labute approximate surface area is 190 Å². The lowest BCUT2D eigenvalue weighted by atomic mass is 9.87. The number of aliphatic carboxylic acids is 1. The van der Waals surface area contributed by atoms with Crippen molar-refractivity contribution in [1.82, 2.24) is 10.6 Å². The first-order chi connectivity index (χ1) is 15.5. The van der Waals surface area contributed by atoms with E-state index in [1.165, 1.54) is 0 Å². The van der Waals surface area contributed by atoms with E-state index in [9.17, 15) is 9.59 Å². The molecule has 0 bridgehead atoms. The highest BCUT2D eigenvalue weighted by Crippen LogP contribution is 2.37. The molecule has 3 aromatic carbocycles. The topological polar surface area (TPSA) is 87.7 Å². The van der Waals surface area contributed by atoms with Crippen molar-refractivity contribution in [1.29, 1.82) is 0 Å². The summed E-state index contributed by atoms with van der Waals surface area (Å²) in [5.74, 6) is -0.900. The molecule has 1 aliphatic rings. The molecule has 1 aliphatic heterocycles. The molecule has 0 radical (unpaired) electrons. The minimum absolute atomic E-state index is 0.176. The van der Waals surface area contributed by atoms with E-state index in [-0.39, 0.29) is 5.78 Å². The summed E-state index contributed by atoms with van der Waals surface area (Å²) >= 11 is 5.46. The van der Waals surface area contributed by atoms with Crippen LogP contribution in [0.5, 0.6) is 5.75 Å². The van der Waals surface area contributed by atoms with Crippen LogP contribution < -0.4 is 15.4 Å². The third-order valence-corrected chi connectivity index (χ3v) is 5.22. The van der Waals surface area contributed by atoms with Crippen molar-refractivity contribution in [2.24, 2.45) is 0 Å². The smallest absolute Gasteiger partial charge is 0.341 e. The molecule has 3 N–H and O–H groups in total. The normalized spacial score (nSPS) is 15.5. The molecule has 160 valence electrons. The number of hydrogen-bond acceptors (Lipinski definition) is 4. The Hall–Kier alpha value is -3.97. The van der Waals surface area contributed by atoms with E-state index in [2.05, 4.69) is 10.6 Å².